The van der Waals surface area contributed by atoms with Crippen molar-refractivity contribution in [2.24, 2.45) is 17.8 Å². The van der Waals surface area contributed by atoms with Gasteiger partial charge in [-0.2, -0.15) is 5.26 Å². The Labute approximate surface area is 150 Å². The minimum Gasteiger partial charge on any atom is -0.192 e. The Balaban J connectivity index is 1.62. The van der Waals surface area contributed by atoms with Crippen LogP contribution in [0.25, 0.3) is 0 Å². The van der Waals surface area contributed by atoms with Crippen molar-refractivity contribution in [1.82, 2.24) is 0 Å². The summed E-state index contributed by atoms with van der Waals surface area (Å²) < 4.78 is 0. The van der Waals surface area contributed by atoms with Gasteiger partial charge >= 0.3 is 0 Å². The van der Waals surface area contributed by atoms with Crippen molar-refractivity contribution in [2.45, 2.75) is 64.2 Å². The lowest BCUT2D eigenvalue weighted by Crippen LogP contribution is -2.24. The van der Waals surface area contributed by atoms with Gasteiger partial charge in [0.15, 0.2) is 0 Å². The van der Waals surface area contributed by atoms with E-state index in [2.05, 4.69) is 13.0 Å². The molecule has 1 nitrogen and oxygen atoms in total. The zero-order valence-electron chi connectivity index (χ0n) is 13.8. The molecule has 2 aliphatic rings. The zero-order chi connectivity index (χ0) is 16.4. The summed E-state index contributed by atoms with van der Waals surface area (Å²) in [4.78, 5) is 0. The van der Waals surface area contributed by atoms with E-state index in [1.807, 2.05) is 12.1 Å². The molecule has 0 unspecified atom stereocenters. The van der Waals surface area contributed by atoms with Crippen LogP contribution in [-0.2, 0) is 0 Å². The van der Waals surface area contributed by atoms with Gasteiger partial charge < -0.3 is 0 Å². The van der Waals surface area contributed by atoms with Gasteiger partial charge in [0.1, 0.15) is 6.07 Å². The summed E-state index contributed by atoms with van der Waals surface area (Å²) in [6.07, 6.45) is 10.8. The fourth-order valence-corrected chi connectivity index (χ4v) is 5.20. The Kier molecular flexibility index (Phi) is 5.55. The van der Waals surface area contributed by atoms with Crippen LogP contribution in [0.15, 0.2) is 12.1 Å². The van der Waals surface area contributed by atoms with Gasteiger partial charge in [-0.3, -0.25) is 0 Å². The lowest BCUT2D eigenvalue weighted by molar-refractivity contribution is 0.165. The molecule has 2 aliphatic carbocycles. The molecule has 0 amide bonds. The Morgan fingerprint density at radius 3 is 1.83 bits per heavy atom. The first kappa shape index (κ1) is 17.1. The SMILES string of the molecule is CC1CCC(C2CCC(c3cc(Cl)c(C#N)c(Cl)c3)CC2)CC1. The van der Waals surface area contributed by atoms with Crippen LogP contribution >= 0.6 is 23.2 Å². The highest BCUT2D eigenvalue weighted by atomic mass is 35.5. The van der Waals surface area contributed by atoms with E-state index in [9.17, 15) is 0 Å². The van der Waals surface area contributed by atoms with E-state index in [4.69, 9.17) is 28.5 Å². The van der Waals surface area contributed by atoms with Crippen LogP contribution in [0.5, 0.6) is 0 Å². The van der Waals surface area contributed by atoms with Gasteiger partial charge in [0.25, 0.3) is 0 Å². The summed E-state index contributed by atoms with van der Waals surface area (Å²) in [5.74, 6) is 3.37. The molecular formula is C20H25Cl2N. The van der Waals surface area contributed by atoms with Crippen molar-refractivity contribution >= 4 is 23.2 Å². The number of nitriles is 1. The smallest absolute Gasteiger partial charge is 0.102 e. The van der Waals surface area contributed by atoms with Crippen LogP contribution in [0, 0.1) is 29.1 Å². The average Bonchev–Trinajstić information content (AvgIpc) is 2.55. The number of rotatable bonds is 2. The van der Waals surface area contributed by atoms with Gasteiger partial charge in [-0.05, 0) is 79.9 Å². The maximum Gasteiger partial charge on any atom is 0.102 e. The molecule has 0 N–H and O–H groups in total. The number of hydrogen-bond donors (Lipinski definition) is 0. The minimum absolute atomic E-state index is 0.405. The van der Waals surface area contributed by atoms with E-state index < -0.39 is 0 Å². The lowest BCUT2D eigenvalue weighted by atomic mass is 9.68. The van der Waals surface area contributed by atoms with E-state index in [0.717, 1.165) is 17.8 Å². The van der Waals surface area contributed by atoms with E-state index in [1.54, 1.807) is 0 Å². The van der Waals surface area contributed by atoms with Crippen molar-refractivity contribution in [3.63, 3.8) is 0 Å². The second-order valence-electron chi connectivity index (χ2n) is 7.60. The number of halogens is 2. The normalized spacial score (nSPS) is 31.6. The highest BCUT2D eigenvalue weighted by Gasteiger charge is 2.30. The van der Waals surface area contributed by atoms with Gasteiger partial charge in [0.2, 0.25) is 0 Å². The Morgan fingerprint density at radius 2 is 1.35 bits per heavy atom. The Bertz CT molecular complexity index is 565. The molecule has 0 radical (unpaired) electrons. The number of nitrogens with zero attached hydrogens (tertiary/aromatic N) is 1. The second kappa shape index (κ2) is 7.45. The van der Waals surface area contributed by atoms with E-state index in [-0.39, 0.29) is 0 Å². The quantitative estimate of drug-likeness (QED) is 0.565. The first-order valence-electron chi connectivity index (χ1n) is 8.97. The summed E-state index contributed by atoms with van der Waals surface area (Å²) in [5, 5.41) is 10.1. The first-order chi connectivity index (χ1) is 11.1. The van der Waals surface area contributed by atoms with Crippen LogP contribution in [0.1, 0.15) is 75.3 Å². The minimum atomic E-state index is 0.405. The molecule has 0 spiro atoms. The summed E-state index contributed by atoms with van der Waals surface area (Å²) >= 11 is 12.4. The predicted molar refractivity (Wildman–Crippen MR) is 97.0 cm³/mol. The third-order valence-electron chi connectivity index (χ3n) is 6.15. The molecule has 0 aliphatic heterocycles. The molecule has 0 atom stereocenters. The van der Waals surface area contributed by atoms with Gasteiger partial charge in [0, 0.05) is 0 Å². The maximum atomic E-state index is 9.08. The van der Waals surface area contributed by atoms with Gasteiger partial charge in [-0.1, -0.05) is 43.0 Å². The standard InChI is InChI=1S/C20H25Cl2N/c1-13-2-4-14(5-3-13)15-6-8-16(9-7-15)17-10-19(21)18(12-23)20(22)11-17/h10-11,13-16H,2-9H2,1H3. The molecule has 1 aromatic rings. The topological polar surface area (TPSA) is 23.8 Å². The van der Waals surface area contributed by atoms with Crippen molar-refractivity contribution in [3.05, 3.63) is 33.3 Å². The van der Waals surface area contributed by atoms with Crippen molar-refractivity contribution < 1.29 is 0 Å². The van der Waals surface area contributed by atoms with E-state index in [1.165, 1.54) is 56.9 Å². The van der Waals surface area contributed by atoms with Crippen LogP contribution in [0.4, 0.5) is 0 Å². The van der Waals surface area contributed by atoms with Crippen LogP contribution < -0.4 is 0 Å². The zero-order valence-corrected chi connectivity index (χ0v) is 15.3. The molecule has 1 aromatic carbocycles. The summed E-state index contributed by atoms with van der Waals surface area (Å²) in [6.45, 7) is 2.39. The van der Waals surface area contributed by atoms with Crippen molar-refractivity contribution in [3.8, 4) is 6.07 Å². The van der Waals surface area contributed by atoms with E-state index >= 15 is 0 Å². The van der Waals surface area contributed by atoms with Gasteiger partial charge in [0.05, 0.1) is 15.6 Å². The van der Waals surface area contributed by atoms with E-state index in [0.29, 0.717) is 21.5 Å². The summed E-state index contributed by atoms with van der Waals surface area (Å²) in [5.41, 5.74) is 1.62. The molecule has 2 saturated carbocycles. The molecule has 0 bridgehead atoms. The van der Waals surface area contributed by atoms with Crippen LogP contribution in [0.2, 0.25) is 10.0 Å². The third-order valence-corrected chi connectivity index (χ3v) is 6.74. The monoisotopic (exact) mass is 349 g/mol. The molecule has 2 fully saturated rings. The Hall–Kier alpha value is -0.710. The fraction of sp³-hybridized carbons (Fsp3) is 0.650. The first-order valence-corrected chi connectivity index (χ1v) is 9.73. The van der Waals surface area contributed by atoms with Crippen LogP contribution in [0.3, 0.4) is 0 Å². The molecular weight excluding hydrogens is 325 g/mol. The van der Waals surface area contributed by atoms with Crippen molar-refractivity contribution in [2.75, 3.05) is 0 Å². The molecule has 0 aromatic heterocycles. The third kappa shape index (κ3) is 3.86. The number of benzene rings is 1. The molecule has 23 heavy (non-hydrogen) atoms. The molecule has 124 valence electrons. The molecule has 0 saturated heterocycles. The van der Waals surface area contributed by atoms with Crippen molar-refractivity contribution in [1.29, 1.82) is 5.26 Å². The van der Waals surface area contributed by atoms with Gasteiger partial charge in [-0.25, -0.2) is 0 Å². The predicted octanol–water partition coefficient (Wildman–Crippen LogP) is 6.97. The highest BCUT2D eigenvalue weighted by molar-refractivity contribution is 6.36. The largest absolute Gasteiger partial charge is 0.192 e. The van der Waals surface area contributed by atoms with Gasteiger partial charge in [-0.15, -0.1) is 0 Å². The summed E-state index contributed by atoms with van der Waals surface area (Å²) in [7, 11) is 0. The lowest BCUT2D eigenvalue weighted by Gasteiger charge is -2.37. The maximum absolute atomic E-state index is 9.08. The average molecular weight is 350 g/mol. The molecule has 0 heterocycles. The number of hydrogen-bond acceptors (Lipinski definition) is 1. The summed E-state index contributed by atoms with van der Waals surface area (Å²) in [6, 6.07) is 6.00. The molecule has 3 heteroatoms. The fourth-order valence-electron chi connectivity index (χ4n) is 4.62. The Morgan fingerprint density at radius 1 is 0.870 bits per heavy atom. The highest BCUT2D eigenvalue weighted by Crippen LogP contribution is 2.44. The second-order valence-corrected chi connectivity index (χ2v) is 8.42. The van der Waals surface area contributed by atoms with Crippen LogP contribution in [-0.4, -0.2) is 0 Å². The molecule has 3 rings (SSSR count).